The zero-order valence-electron chi connectivity index (χ0n) is 9.92. The van der Waals surface area contributed by atoms with Gasteiger partial charge in [-0.15, -0.1) is 0 Å². The van der Waals surface area contributed by atoms with Crippen LogP contribution in [0, 0.1) is 0 Å². The molecule has 0 radical (unpaired) electrons. The second-order valence-electron chi connectivity index (χ2n) is 4.43. The van der Waals surface area contributed by atoms with E-state index in [1.54, 1.807) is 4.90 Å². The van der Waals surface area contributed by atoms with Crippen LogP contribution in [0.5, 0.6) is 0 Å². The third kappa shape index (κ3) is 2.49. The molecular weight excluding hydrogens is 247 g/mol. The highest BCUT2D eigenvalue weighted by Gasteiger charge is 2.36. The van der Waals surface area contributed by atoms with Crippen LogP contribution >= 0.6 is 0 Å². The van der Waals surface area contributed by atoms with Crippen LogP contribution in [-0.4, -0.2) is 27.5 Å². The van der Waals surface area contributed by atoms with Gasteiger partial charge in [0, 0.05) is 13.5 Å². The van der Waals surface area contributed by atoms with Crippen molar-refractivity contribution in [1.82, 2.24) is 15.1 Å². The van der Waals surface area contributed by atoms with Crippen LogP contribution in [0.2, 0.25) is 0 Å². The van der Waals surface area contributed by atoms with E-state index in [1.165, 1.54) is 6.92 Å². The molecule has 1 aliphatic heterocycles. The SMILES string of the molecule is CC(=O)N1CCCC[C@H]1c1cc(C(F)(F)F)n[nH]1. The zero-order chi connectivity index (χ0) is 13.3. The van der Waals surface area contributed by atoms with Gasteiger partial charge in [-0.1, -0.05) is 0 Å². The average Bonchev–Trinajstić information content (AvgIpc) is 2.77. The van der Waals surface area contributed by atoms with Gasteiger partial charge in [0.15, 0.2) is 5.69 Å². The Kier molecular flexibility index (Phi) is 3.32. The number of carbonyl (C=O) groups is 1. The summed E-state index contributed by atoms with van der Waals surface area (Å²) in [5.41, 5.74) is -0.580. The monoisotopic (exact) mass is 261 g/mol. The molecule has 18 heavy (non-hydrogen) atoms. The molecule has 0 bridgehead atoms. The molecule has 1 saturated heterocycles. The van der Waals surface area contributed by atoms with Gasteiger partial charge in [0.2, 0.25) is 5.91 Å². The van der Waals surface area contributed by atoms with Crippen LogP contribution < -0.4 is 0 Å². The normalized spacial score (nSPS) is 21.1. The van der Waals surface area contributed by atoms with E-state index in [9.17, 15) is 18.0 Å². The number of aromatic amines is 1. The predicted molar refractivity (Wildman–Crippen MR) is 57.6 cm³/mol. The van der Waals surface area contributed by atoms with Gasteiger partial charge >= 0.3 is 6.18 Å². The average molecular weight is 261 g/mol. The molecule has 1 amide bonds. The number of alkyl halides is 3. The number of halogens is 3. The lowest BCUT2D eigenvalue weighted by Gasteiger charge is -2.34. The number of hydrogen-bond donors (Lipinski definition) is 1. The number of piperidine rings is 1. The molecule has 1 aromatic heterocycles. The third-order valence-electron chi connectivity index (χ3n) is 3.15. The number of likely N-dealkylation sites (tertiary alicyclic amines) is 1. The minimum Gasteiger partial charge on any atom is -0.334 e. The van der Waals surface area contributed by atoms with Gasteiger partial charge in [-0.05, 0) is 25.3 Å². The fourth-order valence-corrected chi connectivity index (χ4v) is 2.28. The first-order valence-electron chi connectivity index (χ1n) is 5.79. The van der Waals surface area contributed by atoms with Gasteiger partial charge in [-0.25, -0.2) is 0 Å². The van der Waals surface area contributed by atoms with E-state index in [1.807, 2.05) is 0 Å². The second-order valence-corrected chi connectivity index (χ2v) is 4.43. The first-order valence-corrected chi connectivity index (χ1v) is 5.79. The Hall–Kier alpha value is -1.53. The lowest BCUT2D eigenvalue weighted by atomic mass is 9.99. The summed E-state index contributed by atoms with van der Waals surface area (Å²) >= 11 is 0. The molecule has 0 spiro atoms. The quantitative estimate of drug-likeness (QED) is 0.844. The molecule has 4 nitrogen and oxygen atoms in total. The van der Waals surface area contributed by atoms with Crippen molar-refractivity contribution in [2.45, 2.75) is 38.4 Å². The number of amides is 1. The van der Waals surface area contributed by atoms with Crippen LogP contribution in [0.4, 0.5) is 13.2 Å². The molecule has 7 heteroatoms. The maximum Gasteiger partial charge on any atom is 0.435 e. The molecule has 0 aliphatic carbocycles. The van der Waals surface area contributed by atoms with Crippen molar-refractivity contribution >= 4 is 5.91 Å². The maximum atomic E-state index is 12.5. The Balaban J connectivity index is 2.24. The number of nitrogens with zero attached hydrogens (tertiary/aromatic N) is 2. The summed E-state index contributed by atoms with van der Waals surface area (Å²) < 4.78 is 37.4. The summed E-state index contributed by atoms with van der Waals surface area (Å²) in [6.45, 7) is 2.01. The summed E-state index contributed by atoms with van der Waals surface area (Å²) in [5, 5.41) is 5.67. The second kappa shape index (κ2) is 4.62. The van der Waals surface area contributed by atoms with Crippen molar-refractivity contribution in [1.29, 1.82) is 0 Å². The highest BCUT2D eigenvalue weighted by atomic mass is 19.4. The van der Waals surface area contributed by atoms with E-state index in [-0.39, 0.29) is 11.9 Å². The first kappa shape index (κ1) is 12.9. The fourth-order valence-electron chi connectivity index (χ4n) is 2.28. The van der Waals surface area contributed by atoms with Crippen LogP contribution in [0.1, 0.15) is 43.6 Å². The van der Waals surface area contributed by atoms with E-state index in [4.69, 9.17) is 0 Å². The minimum absolute atomic E-state index is 0.122. The zero-order valence-corrected chi connectivity index (χ0v) is 9.92. The van der Waals surface area contributed by atoms with Crippen LogP contribution in [0.3, 0.4) is 0 Å². The van der Waals surface area contributed by atoms with E-state index in [2.05, 4.69) is 10.2 Å². The van der Waals surface area contributed by atoms with Gasteiger partial charge in [0.1, 0.15) is 0 Å². The summed E-state index contributed by atoms with van der Waals surface area (Å²) in [4.78, 5) is 13.1. The van der Waals surface area contributed by atoms with Crippen molar-refractivity contribution < 1.29 is 18.0 Å². The Morgan fingerprint density at radius 3 is 2.78 bits per heavy atom. The highest BCUT2D eigenvalue weighted by Crippen LogP contribution is 2.33. The molecule has 1 aliphatic rings. The van der Waals surface area contributed by atoms with E-state index in [0.29, 0.717) is 18.7 Å². The van der Waals surface area contributed by atoms with Crippen molar-refractivity contribution in [2.75, 3.05) is 6.54 Å². The smallest absolute Gasteiger partial charge is 0.334 e. The lowest BCUT2D eigenvalue weighted by Crippen LogP contribution is -2.37. The fraction of sp³-hybridized carbons (Fsp3) is 0.636. The van der Waals surface area contributed by atoms with Crippen molar-refractivity contribution in [3.63, 3.8) is 0 Å². The highest BCUT2D eigenvalue weighted by molar-refractivity contribution is 5.73. The summed E-state index contributed by atoms with van der Waals surface area (Å²) in [5.74, 6) is -0.122. The Labute approximate surface area is 102 Å². The van der Waals surface area contributed by atoms with Crippen LogP contribution in [0.15, 0.2) is 6.07 Å². The van der Waals surface area contributed by atoms with E-state index in [0.717, 1.165) is 18.9 Å². The van der Waals surface area contributed by atoms with E-state index >= 15 is 0 Å². The Morgan fingerprint density at radius 2 is 2.22 bits per heavy atom. The molecule has 1 atom stereocenters. The van der Waals surface area contributed by atoms with Gasteiger partial charge in [0.05, 0.1) is 11.7 Å². The molecule has 1 fully saturated rings. The van der Waals surface area contributed by atoms with Gasteiger partial charge < -0.3 is 4.90 Å². The topological polar surface area (TPSA) is 49.0 Å². The number of aromatic nitrogens is 2. The predicted octanol–water partition coefficient (Wildman–Crippen LogP) is 2.50. The van der Waals surface area contributed by atoms with Crippen molar-refractivity contribution in [3.8, 4) is 0 Å². The standard InChI is InChI=1S/C11H14F3N3O/c1-7(18)17-5-3-2-4-9(17)8-6-10(16-15-8)11(12,13)14/h6,9H,2-5H2,1H3,(H,15,16)/t9-/m0/s1. The Bertz CT molecular complexity index is 441. The number of rotatable bonds is 1. The lowest BCUT2D eigenvalue weighted by molar-refractivity contribution is -0.141. The minimum atomic E-state index is -4.45. The van der Waals surface area contributed by atoms with Crippen molar-refractivity contribution in [3.05, 3.63) is 17.5 Å². The van der Waals surface area contributed by atoms with Gasteiger partial charge in [0.25, 0.3) is 0 Å². The summed E-state index contributed by atoms with van der Waals surface area (Å²) in [7, 11) is 0. The molecule has 0 saturated carbocycles. The largest absolute Gasteiger partial charge is 0.435 e. The molecule has 1 N–H and O–H groups in total. The Morgan fingerprint density at radius 1 is 1.50 bits per heavy atom. The van der Waals surface area contributed by atoms with E-state index < -0.39 is 11.9 Å². The van der Waals surface area contributed by atoms with Gasteiger partial charge in [-0.2, -0.15) is 18.3 Å². The molecule has 100 valence electrons. The van der Waals surface area contributed by atoms with Crippen LogP contribution in [-0.2, 0) is 11.0 Å². The molecule has 2 rings (SSSR count). The van der Waals surface area contributed by atoms with Crippen molar-refractivity contribution in [2.24, 2.45) is 0 Å². The first-order chi connectivity index (χ1) is 8.39. The van der Waals surface area contributed by atoms with Crippen LogP contribution in [0.25, 0.3) is 0 Å². The number of nitrogens with one attached hydrogen (secondary N) is 1. The van der Waals surface area contributed by atoms with Gasteiger partial charge in [-0.3, -0.25) is 9.89 Å². The molecule has 0 unspecified atom stereocenters. The third-order valence-corrected chi connectivity index (χ3v) is 3.15. The summed E-state index contributed by atoms with van der Waals surface area (Å²) in [6.07, 6.45) is -2.01. The molecule has 1 aromatic rings. The maximum absolute atomic E-state index is 12.5. The number of H-pyrrole nitrogens is 1. The number of hydrogen-bond acceptors (Lipinski definition) is 2. The molecule has 2 heterocycles. The molecular formula is C11H14F3N3O. The summed E-state index contributed by atoms with van der Waals surface area (Å²) in [6, 6.07) is 0.672. The number of carbonyl (C=O) groups excluding carboxylic acids is 1. The molecule has 0 aromatic carbocycles.